The van der Waals surface area contributed by atoms with Gasteiger partial charge in [0.2, 0.25) is 0 Å². The number of aliphatic hydroxyl groups is 1. The van der Waals surface area contributed by atoms with Gasteiger partial charge in [0, 0.05) is 18.7 Å². The summed E-state index contributed by atoms with van der Waals surface area (Å²) in [5.74, 6) is 0.0927. The number of anilines is 1. The molecule has 9 nitrogen and oxygen atoms in total. The summed E-state index contributed by atoms with van der Waals surface area (Å²) < 4.78 is 5.08. The number of carbonyl (C=O) groups excluding carboxylic acids is 1. The number of nitro benzene ring substituents is 1. The maximum atomic E-state index is 12.1. The number of esters is 1. The van der Waals surface area contributed by atoms with E-state index in [9.17, 15) is 20.0 Å². The van der Waals surface area contributed by atoms with Gasteiger partial charge in [0.25, 0.3) is 5.69 Å². The van der Waals surface area contributed by atoms with Crippen molar-refractivity contribution in [3.8, 4) is 0 Å². The van der Waals surface area contributed by atoms with Gasteiger partial charge in [-0.15, -0.1) is 11.3 Å². The molecule has 0 spiro atoms. The van der Waals surface area contributed by atoms with E-state index in [1.807, 2.05) is 0 Å². The largest absolute Gasteiger partial charge is 0.462 e. The van der Waals surface area contributed by atoms with Gasteiger partial charge in [0.1, 0.15) is 21.9 Å². The number of carbonyl (C=O) groups is 1. The quantitative estimate of drug-likeness (QED) is 0.350. The molecule has 0 saturated heterocycles. The van der Waals surface area contributed by atoms with Crippen molar-refractivity contribution in [1.29, 1.82) is 0 Å². The predicted octanol–water partition coefficient (Wildman–Crippen LogP) is 3.23. The SMILES string of the molecule is CCOC(=O)c1sc2ncnc(NCC(O)c3ccc([N+](=O)[O-])cc3)c2c1C. The van der Waals surface area contributed by atoms with Crippen LogP contribution in [0, 0.1) is 17.0 Å². The van der Waals surface area contributed by atoms with Gasteiger partial charge < -0.3 is 15.2 Å². The highest BCUT2D eigenvalue weighted by Crippen LogP contribution is 2.34. The van der Waals surface area contributed by atoms with Crippen LogP contribution in [0.3, 0.4) is 0 Å². The zero-order valence-corrected chi connectivity index (χ0v) is 16.0. The monoisotopic (exact) mass is 402 g/mol. The first-order valence-corrected chi connectivity index (χ1v) is 9.31. The topological polar surface area (TPSA) is 127 Å². The van der Waals surface area contributed by atoms with E-state index in [0.717, 1.165) is 0 Å². The Balaban J connectivity index is 1.80. The number of non-ortho nitro benzene ring substituents is 1. The Kier molecular flexibility index (Phi) is 5.81. The minimum absolute atomic E-state index is 0.0400. The van der Waals surface area contributed by atoms with Gasteiger partial charge in [-0.1, -0.05) is 0 Å². The molecular weight excluding hydrogens is 384 g/mol. The van der Waals surface area contributed by atoms with Crippen LogP contribution in [0.2, 0.25) is 0 Å². The second-order valence-corrected chi connectivity index (χ2v) is 6.92. The lowest BCUT2D eigenvalue weighted by atomic mass is 10.1. The van der Waals surface area contributed by atoms with Gasteiger partial charge in [0.05, 0.1) is 23.0 Å². The van der Waals surface area contributed by atoms with Crippen LogP contribution in [0.15, 0.2) is 30.6 Å². The molecule has 0 aliphatic heterocycles. The number of nitrogens with zero attached hydrogens (tertiary/aromatic N) is 3. The summed E-state index contributed by atoms with van der Waals surface area (Å²) in [5, 5.41) is 24.9. The molecule has 3 rings (SSSR count). The second-order valence-electron chi connectivity index (χ2n) is 5.92. The van der Waals surface area contributed by atoms with Gasteiger partial charge >= 0.3 is 5.97 Å². The molecule has 10 heteroatoms. The van der Waals surface area contributed by atoms with Crippen molar-refractivity contribution in [3.63, 3.8) is 0 Å². The van der Waals surface area contributed by atoms with Crippen molar-refractivity contribution in [3.05, 3.63) is 56.7 Å². The summed E-state index contributed by atoms with van der Waals surface area (Å²) in [6.45, 7) is 3.96. The third kappa shape index (κ3) is 3.92. The highest BCUT2D eigenvalue weighted by Gasteiger charge is 2.20. The molecule has 1 unspecified atom stereocenters. The smallest absolute Gasteiger partial charge is 0.348 e. The molecule has 0 saturated carbocycles. The zero-order valence-electron chi connectivity index (χ0n) is 15.2. The number of aliphatic hydroxyl groups excluding tert-OH is 1. The minimum Gasteiger partial charge on any atom is -0.462 e. The lowest BCUT2D eigenvalue weighted by molar-refractivity contribution is -0.384. The number of aryl methyl sites for hydroxylation is 1. The Morgan fingerprint density at radius 3 is 2.71 bits per heavy atom. The van der Waals surface area contributed by atoms with Gasteiger partial charge in [-0.05, 0) is 37.1 Å². The molecule has 0 bridgehead atoms. The van der Waals surface area contributed by atoms with Crippen molar-refractivity contribution < 1.29 is 19.6 Å². The summed E-state index contributed by atoms with van der Waals surface area (Å²) in [6.07, 6.45) is 0.489. The van der Waals surface area contributed by atoms with Crippen LogP contribution >= 0.6 is 11.3 Å². The molecule has 0 radical (unpaired) electrons. The number of fused-ring (bicyclic) bond motifs is 1. The zero-order chi connectivity index (χ0) is 20.3. The molecule has 1 atom stereocenters. The Morgan fingerprint density at radius 2 is 2.07 bits per heavy atom. The summed E-state index contributed by atoms with van der Waals surface area (Å²) >= 11 is 1.23. The van der Waals surface area contributed by atoms with E-state index in [0.29, 0.717) is 32.0 Å². The van der Waals surface area contributed by atoms with E-state index in [-0.39, 0.29) is 18.8 Å². The maximum absolute atomic E-state index is 12.1. The number of ether oxygens (including phenoxy) is 1. The fourth-order valence-electron chi connectivity index (χ4n) is 2.73. The predicted molar refractivity (Wildman–Crippen MR) is 105 cm³/mol. The van der Waals surface area contributed by atoms with E-state index < -0.39 is 17.0 Å². The summed E-state index contributed by atoms with van der Waals surface area (Å²) in [6, 6.07) is 5.70. The number of nitrogens with one attached hydrogen (secondary N) is 1. The van der Waals surface area contributed by atoms with Gasteiger partial charge in [-0.2, -0.15) is 0 Å². The van der Waals surface area contributed by atoms with Crippen molar-refractivity contribution in [2.45, 2.75) is 20.0 Å². The molecule has 28 heavy (non-hydrogen) atoms. The van der Waals surface area contributed by atoms with E-state index in [1.165, 1.54) is 41.9 Å². The summed E-state index contributed by atoms with van der Waals surface area (Å²) in [5.41, 5.74) is 1.21. The number of nitro groups is 1. The molecular formula is C18H18N4O5S. The Labute approximate surface area is 164 Å². The van der Waals surface area contributed by atoms with E-state index in [2.05, 4.69) is 15.3 Å². The molecule has 1 aromatic carbocycles. The van der Waals surface area contributed by atoms with Crippen molar-refractivity contribution in [1.82, 2.24) is 9.97 Å². The fraction of sp³-hybridized carbons (Fsp3) is 0.278. The molecule has 0 aliphatic carbocycles. The highest BCUT2D eigenvalue weighted by atomic mass is 32.1. The number of benzene rings is 1. The van der Waals surface area contributed by atoms with Crippen LogP contribution in [0.5, 0.6) is 0 Å². The Morgan fingerprint density at radius 1 is 1.36 bits per heavy atom. The summed E-state index contributed by atoms with van der Waals surface area (Å²) in [7, 11) is 0. The Hall–Kier alpha value is -3.11. The van der Waals surface area contributed by atoms with Crippen LogP contribution in [-0.2, 0) is 4.74 Å². The number of thiophene rings is 1. The van der Waals surface area contributed by atoms with Crippen LogP contribution in [0.25, 0.3) is 10.2 Å². The van der Waals surface area contributed by atoms with Gasteiger partial charge in [-0.25, -0.2) is 14.8 Å². The standard InChI is InChI=1S/C18H18N4O5S/c1-3-27-18(24)15-10(2)14-16(20-9-21-17(14)28-15)19-8-13(23)11-4-6-12(7-5-11)22(25)26/h4-7,9,13,23H,3,8H2,1-2H3,(H,19,20,21). The van der Waals surface area contributed by atoms with Crippen molar-refractivity contribution in [2.24, 2.45) is 0 Å². The lowest BCUT2D eigenvalue weighted by Crippen LogP contribution is -2.13. The lowest BCUT2D eigenvalue weighted by Gasteiger charge is -2.13. The molecule has 3 aromatic rings. The average Bonchev–Trinajstić information content (AvgIpc) is 3.04. The van der Waals surface area contributed by atoms with Crippen molar-refractivity contribution >= 4 is 39.0 Å². The molecule has 0 aliphatic rings. The maximum Gasteiger partial charge on any atom is 0.348 e. The second kappa shape index (κ2) is 8.28. The molecule has 2 aromatic heterocycles. The van der Waals surface area contributed by atoms with E-state index >= 15 is 0 Å². The third-order valence-electron chi connectivity index (χ3n) is 4.14. The highest BCUT2D eigenvalue weighted by molar-refractivity contribution is 7.20. The summed E-state index contributed by atoms with van der Waals surface area (Å²) in [4.78, 5) is 31.9. The molecule has 2 N–H and O–H groups in total. The average molecular weight is 402 g/mol. The first kappa shape index (κ1) is 19.6. The third-order valence-corrected chi connectivity index (χ3v) is 5.32. The van der Waals surface area contributed by atoms with Gasteiger partial charge in [0.15, 0.2) is 0 Å². The van der Waals surface area contributed by atoms with E-state index in [4.69, 9.17) is 4.74 Å². The van der Waals surface area contributed by atoms with Crippen LogP contribution in [0.1, 0.15) is 33.8 Å². The Bertz CT molecular complexity index is 1020. The number of hydrogen-bond donors (Lipinski definition) is 2. The van der Waals surface area contributed by atoms with E-state index in [1.54, 1.807) is 13.8 Å². The first-order chi connectivity index (χ1) is 13.4. The molecule has 0 amide bonds. The van der Waals surface area contributed by atoms with Crippen molar-refractivity contribution in [2.75, 3.05) is 18.5 Å². The van der Waals surface area contributed by atoms with Crippen LogP contribution in [-0.4, -0.2) is 39.1 Å². The minimum atomic E-state index is -0.894. The molecule has 146 valence electrons. The fourth-order valence-corrected chi connectivity index (χ4v) is 3.77. The normalized spacial score (nSPS) is 12.0. The van der Waals surface area contributed by atoms with Crippen LogP contribution in [0.4, 0.5) is 11.5 Å². The first-order valence-electron chi connectivity index (χ1n) is 8.49. The number of hydrogen-bond acceptors (Lipinski definition) is 9. The van der Waals surface area contributed by atoms with Gasteiger partial charge in [-0.3, -0.25) is 10.1 Å². The van der Waals surface area contributed by atoms with Crippen LogP contribution < -0.4 is 5.32 Å². The number of rotatable bonds is 7. The number of aromatic nitrogens is 2. The molecule has 2 heterocycles. The molecule has 0 fully saturated rings.